The van der Waals surface area contributed by atoms with E-state index < -0.39 is 5.82 Å². The maximum Gasteiger partial charge on any atom is 0.260 e. The second-order valence-corrected chi connectivity index (χ2v) is 7.62. The number of benzene rings is 2. The summed E-state index contributed by atoms with van der Waals surface area (Å²) in [6.07, 6.45) is 1.69. The van der Waals surface area contributed by atoms with Crippen molar-refractivity contribution in [1.29, 1.82) is 0 Å². The molecule has 0 saturated carbocycles. The number of para-hydroxylation sites is 1. The molecule has 2 aromatic heterocycles. The molecule has 4 rings (SSSR count). The highest BCUT2D eigenvalue weighted by Crippen LogP contribution is 2.32. The molecule has 0 fully saturated rings. The van der Waals surface area contributed by atoms with E-state index in [-0.39, 0.29) is 18.0 Å². The molecule has 0 N–H and O–H groups in total. The summed E-state index contributed by atoms with van der Waals surface area (Å²) in [6.45, 7) is 4.12. The zero-order valence-electron chi connectivity index (χ0n) is 15.5. The Morgan fingerprint density at radius 2 is 1.96 bits per heavy atom. The predicted molar refractivity (Wildman–Crippen MR) is 110 cm³/mol. The van der Waals surface area contributed by atoms with Gasteiger partial charge in [0.05, 0.1) is 16.9 Å². The fraction of sp³-hybridized carbons (Fsp3) is 0.136. The molecule has 0 unspecified atom stereocenters. The van der Waals surface area contributed by atoms with Crippen molar-refractivity contribution in [3.8, 4) is 0 Å². The SMILES string of the molecule is Cc1ccc(C)c(C(=O)N(Cc2ccccn2)c2nc3c(F)cccc3s2)c1. The summed E-state index contributed by atoms with van der Waals surface area (Å²) >= 11 is 1.30. The molecular formula is C22H18FN3OS. The first-order valence-electron chi connectivity index (χ1n) is 8.87. The number of aryl methyl sites for hydroxylation is 2. The Hall–Kier alpha value is -3.12. The number of halogens is 1. The predicted octanol–water partition coefficient (Wildman–Crippen LogP) is 5.29. The highest BCUT2D eigenvalue weighted by atomic mass is 32.1. The third-order valence-electron chi connectivity index (χ3n) is 4.50. The molecule has 0 saturated heterocycles. The summed E-state index contributed by atoms with van der Waals surface area (Å²) in [7, 11) is 0. The van der Waals surface area contributed by atoms with E-state index in [2.05, 4.69) is 9.97 Å². The van der Waals surface area contributed by atoms with Gasteiger partial charge in [-0.3, -0.25) is 14.7 Å². The zero-order chi connectivity index (χ0) is 19.7. The molecule has 0 aliphatic carbocycles. The molecule has 140 valence electrons. The van der Waals surface area contributed by atoms with Gasteiger partial charge in [-0.1, -0.05) is 41.2 Å². The van der Waals surface area contributed by atoms with Crippen LogP contribution >= 0.6 is 11.3 Å². The van der Waals surface area contributed by atoms with Crippen LogP contribution in [0.4, 0.5) is 9.52 Å². The Labute approximate surface area is 166 Å². The van der Waals surface area contributed by atoms with Gasteiger partial charge < -0.3 is 0 Å². The fourth-order valence-electron chi connectivity index (χ4n) is 3.01. The molecule has 0 bridgehead atoms. The van der Waals surface area contributed by atoms with Crippen LogP contribution in [0.15, 0.2) is 60.8 Å². The van der Waals surface area contributed by atoms with Gasteiger partial charge in [-0.25, -0.2) is 9.37 Å². The van der Waals surface area contributed by atoms with Crippen molar-refractivity contribution in [3.05, 3.63) is 89.0 Å². The lowest BCUT2D eigenvalue weighted by atomic mass is 10.0. The lowest BCUT2D eigenvalue weighted by Crippen LogP contribution is -2.31. The Bertz CT molecular complexity index is 1160. The maximum atomic E-state index is 14.2. The summed E-state index contributed by atoms with van der Waals surface area (Å²) < 4.78 is 14.9. The van der Waals surface area contributed by atoms with E-state index in [1.54, 1.807) is 23.2 Å². The largest absolute Gasteiger partial charge is 0.278 e. The second kappa shape index (κ2) is 7.48. The number of hydrogen-bond donors (Lipinski definition) is 0. The van der Waals surface area contributed by atoms with Gasteiger partial charge >= 0.3 is 0 Å². The lowest BCUT2D eigenvalue weighted by molar-refractivity contribution is 0.0984. The Kier molecular flexibility index (Phi) is 4.88. The van der Waals surface area contributed by atoms with Gasteiger partial charge in [0.15, 0.2) is 5.13 Å². The molecule has 0 atom stereocenters. The van der Waals surface area contributed by atoms with E-state index in [0.717, 1.165) is 16.8 Å². The van der Waals surface area contributed by atoms with E-state index in [0.29, 0.717) is 15.4 Å². The quantitative estimate of drug-likeness (QED) is 0.475. The zero-order valence-corrected chi connectivity index (χ0v) is 16.3. The number of pyridine rings is 1. The van der Waals surface area contributed by atoms with Crippen LogP contribution in [-0.4, -0.2) is 15.9 Å². The van der Waals surface area contributed by atoms with Crippen molar-refractivity contribution >= 4 is 32.6 Å². The normalized spacial score (nSPS) is 11.0. The first-order chi connectivity index (χ1) is 13.5. The van der Waals surface area contributed by atoms with E-state index in [1.807, 2.05) is 50.2 Å². The number of anilines is 1. The summed E-state index contributed by atoms with van der Waals surface area (Å²) in [5.41, 5.74) is 3.51. The third-order valence-corrected chi connectivity index (χ3v) is 5.55. The van der Waals surface area contributed by atoms with Crippen LogP contribution in [0, 0.1) is 19.7 Å². The smallest absolute Gasteiger partial charge is 0.260 e. The molecule has 2 heterocycles. The van der Waals surface area contributed by atoms with E-state index in [1.165, 1.54) is 17.4 Å². The lowest BCUT2D eigenvalue weighted by Gasteiger charge is -2.21. The van der Waals surface area contributed by atoms with E-state index in [4.69, 9.17) is 0 Å². The molecule has 0 spiro atoms. The molecule has 0 radical (unpaired) electrons. The van der Waals surface area contributed by atoms with Crippen molar-refractivity contribution in [1.82, 2.24) is 9.97 Å². The van der Waals surface area contributed by atoms with Crippen molar-refractivity contribution in [3.63, 3.8) is 0 Å². The van der Waals surface area contributed by atoms with Gasteiger partial charge in [-0.05, 0) is 49.7 Å². The van der Waals surface area contributed by atoms with Crippen LogP contribution in [0.25, 0.3) is 10.2 Å². The average Bonchev–Trinajstić information content (AvgIpc) is 3.14. The Balaban J connectivity index is 1.82. The summed E-state index contributed by atoms with van der Waals surface area (Å²) in [5, 5.41) is 0.455. The van der Waals surface area contributed by atoms with Crippen LogP contribution in [-0.2, 0) is 6.54 Å². The number of thiazole rings is 1. The van der Waals surface area contributed by atoms with Gasteiger partial charge in [-0.15, -0.1) is 0 Å². The Morgan fingerprint density at radius 1 is 1.11 bits per heavy atom. The fourth-order valence-corrected chi connectivity index (χ4v) is 3.99. The number of amides is 1. The molecule has 0 aliphatic rings. The van der Waals surface area contributed by atoms with Crippen molar-refractivity contribution in [2.45, 2.75) is 20.4 Å². The first kappa shape index (κ1) is 18.3. The standard InChI is InChI=1S/C22H18FN3OS/c1-14-9-10-15(2)17(12-14)21(27)26(13-16-6-3-4-11-24-16)22-25-20-18(23)7-5-8-19(20)28-22/h3-12H,13H2,1-2H3. The number of carbonyl (C=O) groups excluding carboxylic acids is 1. The second-order valence-electron chi connectivity index (χ2n) is 6.61. The molecule has 4 aromatic rings. The number of nitrogens with zero attached hydrogens (tertiary/aromatic N) is 3. The molecular weight excluding hydrogens is 373 g/mol. The van der Waals surface area contributed by atoms with Gasteiger partial charge in [-0.2, -0.15) is 0 Å². The van der Waals surface area contributed by atoms with Gasteiger partial charge in [0.1, 0.15) is 11.3 Å². The van der Waals surface area contributed by atoms with Crippen LogP contribution in [0.5, 0.6) is 0 Å². The van der Waals surface area contributed by atoms with Crippen molar-refractivity contribution < 1.29 is 9.18 Å². The summed E-state index contributed by atoms with van der Waals surface area (Å²) in [5.74, 6) is -0.566. The third kappa shape index (κ3) is 3.51. The van der Waals surface area contributed by atoms with Gasteiger partial charge in [0.25, 0.3) is 5.91 Å². The topological polar surface area (TPSA) is 46.1 Å². The monoisotopic (exact) mass is 391 g/mol. The molecule has 28 heavy (non-hydrogen) atoms. The van der Waals surface area contributed by atoms with Crippen LogP contribution < -0.4 is 4.90 Å². The minimum Gasteiger partial charge on any atom is -0.278 e. The number of rotatable bonds is 4. The van der Waals surface area contributed by atoms with Gasteiger partial charge in [0.2, 0.25) is 0 Å². The van der Waals surface area contributed by atoms with E-state index in [9.17, 15) is 9.18 Å². The van der Waals surface area contributed by atoms with Crippen LogP contribution in [0.2, 0.25) is 0 Å². The molecule has 6 heteroatoms. The number of fused-ring (bicyclic) bond motifs is 1. The molecule has 1 amide bonds. The minimum atomic E-state index is -0.392. The first-order valence-corrected chi connectivity index (χ1v) is 9.68. The number of carbonyl (C=O) groups is 1. The summed E-state index contributed by atoms with van der Waals surface area (Å²) in [4.78, 5) is 23.8. The molecule has 4 nitrogen and oxygen atoms in total. The van der Waals surface area contributed by atoms with Crippen molar-refractivity contribution in [2.24, 2.45) is 0 Å². The molecule has 0 aliphatic heterocycles. The number of hydrogen-bond acceptors (Lipinski definition) is 4. The van der Waals surface area contributed by atoms with Gasteiger partial charge in [0, 0.05) is 11.8 Å². The minimum absolute atomic E-state index is 0.175. The maximum absolute atomic E-state index is 14.2. The van der Waals surface area contributed by atoms with E-state index >= 15 is 0 Å². The molecule has 2 aromatic carbocycles. The average molecular weight is 391 g/mol. The summed E-state index contributed by atoms with van der Waals surface area (Å²) in [6, 6.07) is 16.2. The van der Waals surface area contributed by atoms with Crippen LogP contribution in [0.3, 0.4) is 0 Å². The van der Waals surface area contributed by atoms with Crippen molar-refractivity contribution in [2.75, 3.05) is 4.90 Å². The highest BCUT2D eigenvalue weighted by molar-refractivity contribution is 7.22. The Morgan fingerprint density at radius 3 is 2.71 bits per heavy atom. The van der Waals surface area contributed by atoms with Crippen LogP contribution in [0.1, 0.15) is 27.2 Å². The number of aromatic nitrogens is 2. The highest BCUT2D eigenvalue weighted by Gasteiger charge is 2.24.